The Balaban J connectivity index is 1.25. The number of benzene rings is 3. The van der Waals surface area contributed by atoms with E-state index in [1.165, 1.54) is 11.1 Å². The molecule has 4 aromatic rings. The highest BCUT2D eigenvalue weighted by Gasteiger charge is 2.37. The van der Waals surface area contributed by atoms with E-state index in [1.54, 1.807) is 6.07 Å². The van der Waals surface area contributed by atoms with Crippen LogP contribution in [0.3, 0.4) is 0 Å². The number of ether oxygens (including phenoxy) is 3. The van der Waals surface area contributed by atoms with Crippen LogP contribution in [0.25, 0.3) is 16.6 Å². The summed E-state index contributed by atoms with van der Waals surface area (Å²) in [5.41, 5.74) is 14.0. The molecule has 6 heterocycles. The molecule has 1 aliphatic carbocycles. The van der Waals surface area contributed by atoms with E-state index >= 15 is 0 Å². The van der Waals surface area contributed by atoms with E-state index in [4.69, 9.17) is 19.9 Å². The lowest BCUT2D eigenvalue weighted by molar-refractivity contribution is -0.00219. The van der Waals surface area contributed by atoms with Gasteiger partial charge in [0, 0.05) is 64.4 Å². The molecule has 0 radical (unpaired) electrons. The minimum absolute atomic E-state index is 0.0960. The molecular weight excluding hydrogens is 675 g/mol. The molecule has 3 aromatic carbocycles. The van der Waals surface area contributed by atoms with Gasteiger partial charge in [0.2, 0.25) is 0 Å². The number of fused-ring (bicyclic) bond motifs is 3. The van der Waals surface area contributed by atoms with Gasteiger partial charge in [-0.2, -0.15) is 0 Å². The molecule has 10 rings (SSSR count). The summed E-state index contributed by atoms with van der Waals surface area (Å²) in [6, 6.07) is 19.2. The Morgan fingerprint density at radius 3 is 2.67 bits per heavy atom. The maximum absolute atomic E-state index is 11.7. The third-order valence-corrected chi connectivity index (χ3v) is 12.7. The molecule has 0 spiro atoms. The van der Waals surface area contributed by atoms with Crippen molar-refractivity contribution < 1.29 is 24.4 Å². The lowest BCUT2D eigenvalue weighted by Gasteiger charge is -2.39. The molecule has 8 nitrogen and oxygen atoms in total. The van der Waals surface area contributed by atoms with Gasteiger partial charge in [-0.25, -0.2) is 0 Å². The molecule has 1 aromatic heterocycles. The fraction of sp³-hybridized carbons (Fsp3) is 0.435. The van der Waals surface area contributed by atoms with Crippen LogP contribution in [0.4, 0.5) is 0 Å². The van der Waals surface area contributed by atoms with Crippen LogP contribution in [0.5, 0.6) is 11.5 Å². The number of aromatic hydroxyl groups is 1. The van der Waals surface area contributed by atoms with Crippen LogP contribution < -0.4 is 15.8 Å². The van der Waals surface area contributed by atoms with Gasteiger partial charge >= 0.3 is 0 Å². The van der Waals surface area contributed by atoms with Crippen molar-refractivity contribution in [2.45, 2.75) is 95.1 Å². The number of nitrogens with zero attached hydrogens (tertiary/aromatic N) is 1. The minimum Gasteiger partial charge on any atom is -0.504 e. The van der Waals surface area contributed by atoms with Gasteiger partial charge in [-0.3, -0.25) is 0 Å². The first-order valence-corrected chi connectivity index (χ1v) is 19.9. The number of hydrogen-bond donors (Lipinski definition) is 4. The normalized spacial score (nSPS) is 26.8. The number of aromatic nitrogens is 1. The number of rotatable bonds is 2. The van der Waals surface area contributed by atoms with Crippen LogP contribution >= 0.6 is 0 Å². The fourth-order valence-electron chi connectivity index (χ4n) is 9.59. The van der Waals surface area contributed by atoms with Crippen molar-refractivity contribution in [2.24, 2.45) is 17.6 Å². The number of nitrogens with one attached hydrogen (secondary N) is 1. The molecule has 0 amide bonds. The van der Waals surface area contributed by atoms with Crippen molar-refractivity contribution in [3.8, 4) is 23.3 Å². The highest BCUT2D eigenvalue weighted by molar-refractivity contribution is 5.88. The average Bonchev–Trinajstić information content (AvgIpc) is 3.62. The highest BCUT2D eigenvalue weighted by atomic mass is 16.5. The molecule has 54 heavy (non-hydrogen) atoms. The molecule has 0 saturated carbocycles. The maximum atomic E-state index is 11.7. The average molecular weight is 726 g/mol. The SMILES string of the molecule is CC1C#CC2=CC(N)NC3=C2COC(CCC1)CC(O)C1CCc2c(ccc(O)c2OCc2cc(C4(c5ccccc5)CCOCC4)cc4cn3cc24)C1. The molecule has 1 fully saturated rings. The van der Waals surface area contributed by atoms with Crippen LogP contribution in [0.2, 0.25) is 0 Å². The van der Waals surface area contributed by atoms with Crippen LogP contribution in [0.1, 0.15) is 79.7 Å². The zero-order valence-corrected chi connectivity index (χ0v) is 31.2. The van der Waals surface area contributed by atoms with Crippen molar-refractivity contribution in [2.75, 3.05) is 19.8 Å². The summed E-state index contributed by atoms with van der Waals surface area (Å²) in [5.74, 6) is 8.89. The standard InChI is InChI=1S/C46H51N3O5/c1-29-6-5-9-37-24-42(51)32-12-14-38-30(20-32)13-15-41(50)44(38)54-27-34-22-36(46(16-18-52-19-17-46)35-7-3-2-4-8-35)21-33-25-49(26-39(33)34)45-40(28-53-37)31(11-10-29)23-43(47)48-45/h2-4,7-8,13,15,21-23,25-26,29,32,37,42-43,48,50-51H,5-6,9,12,14,16-20,24,27-28,47H2,1H3. The van der Waals surface area contributed by atoms with Gasteiger partial charge in [-0.05, 0) is 104 Å². The zero-order chi connectivity index (χ0) is 36.8. The smallest absolute Gasteiger partial charge is 0.164 e. The summed E-state index contributed by atoms with van der Waals surface area (Å²) < 4.78 is 21.6. The van der Waals surface area contributed by atoms with Gasteiger partial charge in [-0.1, -0.05) is 61.2 Å². The van der Waals surface area contributed by atoms with E-state index in [1.807, 2.05) is 12.1 Å². The van der Waals surface area contributed by atoms with Crippen molar-refractivity contribution in [3.05, 3.63) is 112 Å². The number of nitrogens with two attached hydrogens (primary N) is 1. The Bertz CT molecular complexity index is 2170. The number of phenols is 1. The molecule has 5 N–H and O–H groups in total. The summed E-state index contributed by atoms with van der Waals surface area (Å²) in [5, 5.41) is 28.7. The van der Waals surface area contributed by atoms with Crippen molar-refractivity contribution in [3.63, 3.8) is 0 Å². The van der Waals surface area contributed by atoms with E-state index in [-0.39, 0.29) is 35.7 Å². The number of aliphatic hydroxyl groups excluding tert-OH is 1. The molecule has 5 aliphatic heterocycles. The molecule has 8 heteroatoms. The van der Waals surface area contributed by atoms with E-state index in [9.17, 15) is 10.2 Å². The second kappa shape index (κ2) is 14.6. The van der Waals surface area contributed by atoms with Gasteiger partial charge in [0.25, 0.3) is 0 Å². The second-order valence-electron chi connectivity index (χ2n) is 16.1. The Kier molecular flexibility index (Phi) is 9.53. The van der Waals surface area contributed by atoms with E-state index in [2.05, 4.69) is 83.5 Å². The predicted molar refractivity (Wildman–Crippen MR) is 211 cm³/mol. The Labute approximate surface area is 318 Å². The number of dihydropyridines is 1. The third kappa shape index (κ3) is 6.62. The van der Waals surface area contributed by atoms with Crippen molar-refractivity contribution >= 4 is 16.6 Å². The summed E-state index contributed by atoms with van der Waals surface area (Å²) >= 11 is 0. The molecular formula is C46H51N3O5. The molecule has 5 atom stereocenters. The van der Waals surface area contributed by atoms with Gasteiger partial charge in [0.05, 0.1) is 25.0 Å². The van der Waals surface area contributed by atoms with Gasteiger partial charge in [0.15, 0.2) is 11.5 Å². The van der Waals surface area contributed by atoms with Crippen LogP contribution in [0, 0.1) is 23.7 Å². The van der Waals surface area contributed by atoms with Crippen LogP contribution in [-0.4, -0.2) is 53.0 Å². The predicted octanol–water partition coefficient (Wildman–Crippen LogP) is 7.08. The lowest BCUT2D eigenvalue weighted by Crippen LogP contribution is -2.40. The zero-order valence-electron chi connectivity index (χ0n) is 31.2. The third-order valence-electron chi connectivity index (χ3n) is 12.7. The monoisotopic (exact) mass is 725 g/mol. The topological polar surface area (TPSA) is 111 Å². The van der Waals surface area contributed by atoms with Crippen molar-refractivity contribution in [1.29, 1.82) is 0 Å². The van der Waals surface area contributed by atoms with Crippen molar-refractivity contribution in [1.82, 2.24) is 9.88 Å². The molecule has 8 bridgehead atoms. The Hall–Kier alpha value is -4.52. The lowest BCUT2D eigenvalue weighted by atomic mass is 9.68. The summed E-state index contributed by atoms with van der Waals surface area (Å²) in [6.45, 7) is 4.20. The van der Waals surface area contributed by atoms with Crippen LogP contribution in [0.15, 0.2) is 84.2 Å². The first-order chi connectivity index (χ1) is 26.3. The number of phenolic OH excluding ortho intramolecular Hbond substituents is 1. The first-order valence-electron chi connectivity index (χ1n) is 19.9. The molecule has 280 valence electrons. The van der Waals surface area contributed by atoms with Gasteiger partial charge in [-0.15, -0.1) is 0 Å². The summed E-state index contributed by atoms with van der Waals surface area (Å²) in [6.07, 6.45) is 12.7. The summed E-state index contributed by atoms with van der Waals surface area (Å²) in [4.78, 5) is 0. The maximum Gasteiger partial charge on any atom is 0.164 e. The van der Waals surface area contributed by atoms with Gasteiger partial charge in [0.1, 0.15) is 12.4 Å². The summed E-state index contributed by atoms with van der Waals surface area (Å²) in [7, 11) is 0. The van der Waals surface area contributed by atoms with Crippen LogP contribution in [-0.2, 0) is 34.3 Å². The highest BCUT2D eigenvalue weighted by Crippen LogP contribution is 2.45. The Morgan fingerprint density at radius 1 is 0.963 bits per heavy atom. The van der Waals surface area contributed by atoms with E-state index in [0.717, 1.165) is 95.8 Å². The second-order valence-corrected chi connectivity index (χ2v) is 16.1. The van der Waals surface area contributed by atoms with E-state index < -0.39 is 12.3 Å². The number of aliphatic hydroxyl groups is 1. The van der Waals surface area contributed by atoms with Gasteiger partial charge < -0.3 is 40.0 Å². The quantitative estimate of drug-likeness (QED) is 0.164. The first kappa shape index (κ1) is 35.2. The molecule has 5 unspecified atom stereocenters. The molecule has 1 saturated heterocycles. The fourth-order valence-corrected chi connectivity index (χ4v) is 9.59. The minimum atomic E-state index is -0.509. The number of hydrogen-bond acceptors (Lipinski definition) is 7. The Morgan fingerprint density at radius 2 is 1.81 bits per heavy atom. The van der Waals surface area contributed by atoms with E-state index in [0.29, 0.717) is 32.0 Å². The molecule has 6 aliphatic rings. The largest absolute Gasteiger partial charge is 0.504 e.